The molecule has 2 heterocycles. The average molecular weight is 299 g/mol. The third kappa shape index (κ3) is 3.11. The highest BCUT2D eigenvalue weighted by atomic mass is 32.2. The topological polar surface area (TPSA) is 94.5 Å². The van der Waals surface area contributed by atoms with Gasteiger partial charge >= 0.3 is 0 Å². The molecule has 0 aliphatic carbocycles. The van der Waals surface area contributed by atoms with E-state index in [2.05, 4.69) is 25.4 Å². The molecule has 106 valence electrons. The predicted molar refractivity (Wildman–Crippen MR) is 82.9 cm³/mol. The lowest BCUT2D eigenvalue weighted by atomic mass is 10.3. The highest BCUT2D eigenvalue weighted by Gasteiger charge is 2.06. The fourth-order valence-electron chi connectivity index (χ4n) is 1.73. The predicted octanol–water partition coefficient (Wildman–Crippen LogP) is 2.10. The number of nitrogens with one attached hydrogen (secondary N) is 1. The van der Waals surface area contributed by atoms with E-state index in [0.717, 1.165) is 5.69 Å². The second-order valence-corrected chi connectivity index (χ2v) is 5.00. The van der Waals surface area contributed by atoms with Gasteiger partial charge in [0.25, 0.3) is 5.95 Å². The molecule has 7 nitrogen and oxygen atoms in total. The molecule has 8 heteroatoms. The van der Waals surface area contributed by atoms with Gasteiger partial charge in [-0.2, -0.15) is 20.1 Å². The van der Waals surface area contributed by atoms with Crippen LogP contribution in [0.2, 0.25) is 0 Å². The van der Waals surface area contributed by atoms with Gasteiger partial charge in [0, 0.05) is 23.0 Å². The Morgan fingerprint density at radius 1 is 1.14 bits per heavy atom. The molecule has 3 aromatic rings. The van der Waals surface area contributed by atoms with Gasteiger partial charge in [-0.3, -0.25) is 0 Å². The maximum atomic E-state index is 5.72. The molecule has 1 aromatic carbocycles. The minimum Gasteiger partial charge on any atom is -0.368 e. The Kier molecular flexibility index (Phi) is 3.69. The largest absolute Gasteiger partial charge is 0.368 e. The van der Waals surface area contributed by atoms with Crippen molar-refractivity contribution in [2.45, 2.75) is 4.90 Å². The zero-order chi connectivity index (χ0) is 14.7. The van der Waals surface area contributed by atoms with Crippen molar-refractivity contribution in [3.63, 3.8) is 0 Å². The Morgan fingerprint density at radius 3 is 2.62 bits per heavy atom. The number of anilines is 3. The molecule has 3 rings (SSSR count). The number of nitrogens with two attached hydrogens (primary N) is 1. The average Bonchev–Trinajstić information content (AvgIpc) is 3.02. The van der Waals surface area contributed by atoms with Crippen molar-refractivity contribution >= 4 is 29.3 Å². The summed E-state index contributed by atoms with van der Waals surface area (Å²) >= 11 is 1.69. The van der Waals surface area contributed by atoms with Crippen LogP contribution < -0.4 is 11.1 Å². The lowest BCUT2D eigenvalue weighted by Crippen LogP contribution is -2.09. The van der Waals surface area contributed by atoms with Crippen LogP contribution in [0.3, 0.4) is 0 Å². The number of nitrogens with zero attached hydrogens (tertiary/aromatic N) is 5. The third-order valence-electron chi connectivity index (χ3n) is 2.70. The summed E-state index contributed by atoms with van der Waals surface area (Å²) in [7, 11) is 0. The van der Waals surface area contributed by atoms with Crippen molar-refractivity contribution < 1.29 is 0 Å². The van der Waals surface area contributed by atoms with Crippen molar-refractivity contribution in [2.75, 3.05) is 17.3 Å². The molecule has 3 N–H and O–H groups in total. The number of hydrogen-bond donors (Lipinski definition) is 2. The van der Waals surface area contributed by atoms with Crippen LogP contribution in [-0.2, 0) is 0 Å². The molecule has 21 heavy (non-hydrogen) atoms. The summed E-state index contributed by atoms with van der Waals surface area (Å²) in [4.78, 5) is 13.6. The van der Waals surface area contributed by atoms with Crippen LogP contribution in [0.15, 0.2) is 47.6 Å². The maximum absolute atomic E-state index is 5.72. The fourth-order valence-corrected chi connectivity index (χ4v) is 2.14. The number of benzene rings is 1. The van der Waals surface area contributed by atoms with Gasteiger partial charge in [0.1, 0.15) is 0 Å². The Hall–Kier alpha value is -2.61. The van der Waals surface area contributed by atoms with Crippen LogP contribution in [0.5, 0.6) is 0 Å². The Bertz CT molecular complexity index is 725. The van der Waals surface area contributed by atoms with Crippen LogP contribution in [-0.4, -0.2) is 31.0 Å². The zero-order valence-electron chi connectivity index (χ0n) is 11.3. The number of hydrogen-bond acceptors (Lipinski definition) is 7. The van der Waals surface area contributed by atoms with E-state index in [1.165, 1.54) is 9.58 Å². The summed E-state index contributed by atoms with van der Waals surface area (Å²) in [5.74, 6) is 0.888. The van der Waals surface area contributed by atoms with Gasteiger partial charge in [0.2, 0.25) is 11.9 Å². The van der Waals surface area contributed by atoms with Crippen molar-refractivity contribution in [3.05, 3.63) is 42.7 Å². The van der Waals surface area contributed by atoms with Crippen LogP contribution in [0.1, 0.15) is 0 Å². The van der Waals surface area contributed by atoms with Gasteiger partial charge in [0.15, 0.2) is 0 Å². The summed E-state index contributed by atoms with van der Waals surface area (Å²) in [6.07, 6.45) is 5.42. The van der Waals surface area contributed by atoms with E-state index in [1.54, 1.807) is 30.2 Å². The third-order valence-corrected chi connectivity index (χ3v) is 3.44. The van der Waals surface area contributed by atoms with Gasteiger partial charge in [-0.25, -0.2) is 4.68 Å². The van der Waals surface area contributed by atoms with Crippen molar-refractivity contribution in [1.29, 1.82) is 0 Å². The molecule has 0 fully saturated rings. The summed E-state index contributed by atoms with van der Waals surface area (Å²) in [6, 6.07) is 9.74. The molecule has 0 bridgehead atoms. The lowest BCUT2D eigenvalue weighted by Gasteiger charge is -2.07. The standard InChI is InChI=1S/C13H13N7S/c1-21-10-5-3-9(4-6-10)16-12-17-11(14)18-13(19-12)20-8-2-7-15-20/h2-8H,1H3,(H3,14,16,17,18,19). The summed E-state index contributed by atoms with van der Waals surface area (Å²) in [6.45, 7) is 0. The van der Waals surface area contributed by atoms with Gasteiger partial charge < -0.3 is 11.1 Å². The van der Waals surface area contributed by atoms with Crippen molar-refractivity contribution in [3.8, 4) is 5.95 Å². The molecule has 0 saturated carbocycles. The van der Waals surface area contributed by atoms with E-state index in [4.69, 9.17) is 5.73 Å². The molecule has 0 aliphatic rings. The van der Waals surface area contributed by atoms with Crippen LogP contribution in [0, 0.1) is 0 Å². The maximum Gasteiger partial charge on any atom is 0.257 e. The van der Waals surface area contributed by atoms with Gasteiger partial charge in [-0.15, -0.1) is 11.8 Å². The van der Waals surface area contributed by atoms with Crippen LogP contribution in [0.25, 0.3) is 5.95 Å². The number of thioether (sulfide) groups is 1. The number of aromatic nitrogens is 5. The first-order chi connectivity index (χ1) is 10.2. The molecule has 0 aliphatic heterocycles. The monoisotopic (exact) mass is 299 g/mol. The molecule has 0 atom stereocenters. The minimum atomic E-state index is 0.138. The van der Waals surface area contributed by atoms with Gasteiger partial charge in [0.05, 0.1) is 0 Å². The number of rotatable bonds is 4. The molecular formula is C13H13N7S. The van der Waals surface area contributed by atoms with E-state index in [1.807, 2.05) is 30.5 Å². The molecule has 0 spiro atoms. The second kappa shape index (κ2) is 5.80. The van der Waals surface area contributed by atoms with E-state index < -0.39 is 0 Å². The van der Waals surface area contributed by atoms with Crippen LogP contribution in [0.4, 0.5) is 17.6 Å². The van der Waals surface area contributed by atoms with E-state index >= 15 is 0 Å². The second-order valence-electron chi connectivity index (χ2n) is 4.12. The molecule has 0 radical (unpaired) electrons. The van der Waals surface area contributed by atoms with Crippen molar-refractivity contribution in [2.24, 2.45) is 0 Å². The zero-order valence-corrected chi connectivity index (χ0v) is 12.1. The van der Waals surface area contributed by atoms with E-state index in [0.29, 0.717) is 11.9 Å². The first-order valence-electron chi connectivity index (χ1n) is 6.17. The normalized spacial score (nSPS) is 10.5. The summed E-state index contributed by atoms with van der Waals surface area (Å²) in [5.41, 5.74) is 6.60. The fraction of sp³-hybridized carbons (Fsp3) is 0.0769. The molecule has 0 unspecified atom stereocenters. The minimum absolute atomic E-state index is 0.138. The molecule has 2 aromatic heterocycles. The Labute approximate surface area is 125 Å². The van der Waals surface area contributed by atoms with Crippen molar-refractivity contribution in [1.82, 2.24) is 24.7 Å². The number of nitrogen functional groups attached to an aromatic ring is 1. The van der Waals surface area contributed by atoms with Gasteiger partial charge in [-0.05, 0) is 36.6 Å². The summed E-state index contributed by atoms with van der Waals surface area (Å²) < 4.78 is 1.53. The quantitative estimate of drug-likeness (QED) is 0.712. The molecule has 0 saturated heterocycles. The van der Waals surface area contributed by atoms with Crippen LogP contribution >= 0.6 is 11.8 Å². The Morgan fingerprint density at radius 2 is 1.95 bits per heavy atom. The Balaban J connectivity index is 1.88. The highest BCUT2D eigenvalue weighted by molar-refractivity contribution is 7.98. The SMILES string of the molecule is CSc1ccc(Nc2nc(N)nc(-n3cccn3)n2)cc1. The molecule has 0 amide bonds. The summed E-state index contributed by atoms with van der Waals surface area (Å²) in [5, 5.41) is 7.18. The highest BCUT2D eigenvalue weighted by Crippen LogP contribution is 2.19. The lowest BCUT2D eigenvalue weighted by molar-refractivity contribution is 0.801. The first-order valence-corrected chi connectivity index (χ1v) is 7.40. The van der Waals surface area contributed by atoms with E-state index in [-0.39, 0.29) is 5.95 Å². The smallest absolute Gasteiger partial charge is 0.257 e. The molecular weight excluding hydrogens is 286 g/mol. The van der Waals surface area contributed by atoms with E-state index in [9.17, 15) is 0 Å². The van der Waals surface area contributed by atoms with Gasteiger partial charge in [-0.1, -0.05) is 0 Å². The first kappa shape index (κ1) is 13.4.